The summed E-state index contributed by atoms with van der Waals surface area (Å²) >= 11 is 0. The average Bonchev–Trinajstić information content (AvgIpc) is 2.38. The van der Waals surface area contributed by atoms with Crippen molar-refractivity contribution in [1.82, 2.24) is 0 Å². The minimum atomic E-state index is -3.17. The van der Waals surface area contributed by atoms with Crippen LogP contribution in [0.3, 0.4) is 0 Å². The molecule has 0 radical (unpaired) electrons. The summed E-state index contributed by atoms with van der Waals surface area (Å²) in [6.45, 7) is 4.71. The molecule has 106 valence electrons. The largest absolute Gasteiger partial charge is 0.381 e. The topological polar surface area (TPSA) is 46.2 Å². The van der Waals surface area contributed by atoms with Crippen LogP contribution in [-0.4, -0.2) is 14.7 Å². The first-order valence-electron chi connectivity index (χ1n) is 6.47. The van der Waals surface area contributed by atoms with Crippen LogP contribution < -0.4 is 5.32 Å². The maximum atomic E-state index is 11.6. The molecule has 4 heteroatoms. The van der Waals surface area contributed by atoms with Gasteiger partial charge in [-0.05, 0) is 42.7 Å². The van der Waals surface area contributed by atoms with Gasteiger partial charge in [-0.15, -0.1) is 0 Å². The highest BCUT2D eigenvalue weighted by molar-refractivity contribution is 7.90. The van der Waals surface area contributed by atoms with Crippen molar-refractivity contribution >= 4 is 15.5 Å². The zero-order valence-corrected chi connectivity index (χ0v) is 12.8. The Morgan fingerprint density at radius 3 is 2.35 bits per heavy atom. The molecule has 2 aromatic rings. The first-order valence-corrected chi connectivity index (χ1v) is 8.36. The van der Waals surface area contributed by atoms with E-state index in [1.165, 1.54) is 17.4 Å². The summed E-state index contributed by atoms with van der Waals surface area (Å²) in [7, 11) is -3.17. The predicted molar refractivity (Wildman–Crippen MR) is 82.8 cm³/mol. The van der Waals surface area contributed by atoms with Crippen molar-refractivity contribution in [3.8, 4) is 0 Å². The number of sulfone groups is 1. The van der Waals surface area contributed by atoms with E-state index >= 15 is 0 Å². The highest BCUT2D eigenvalue weighted by atomic mass is 32.2. The molecular weight excluding hydrogens is 270 g/mol. The van der Waals surface area contributed by atoms with Crippen LogP contribution in [0.15, 0.2) is 47.4 Å². The molecule has 0 aliphatic carbocycles. The Morgan fingerprint density at radius 1 is 1.00 bits per heavy atom. The van der Waals surface area contributed by atoms with Gasteiger partial charge in [-0.1, -0.05) is 30.3 Å². The van der Waals surface area contributed by atoms with Gasteiger partial charge in [-0.2, -0.15) is 0 Å². The number of nitrogens with one attached hydrogen (secondary N) is 1. The SMILES string of the molecule is Cc1ccccc1CNc1cc(S(C)(=O)=O)ccc1C. The maximum absolute atomic E-state index is 11.6. The molecule has 1 N–H and O–H groups in total. The van der Waals surface area contributed by atoms with Crippen LogP contribution >= 0.6 is 0 Å². The highest BCUT2D eigenvalue weighted by Gasteiger charge is 2.09. The molecule has 2 aromatic carbocycles. The van der Waals surface area contributed by atoms with Crippen molar-refractivity contribution in [2.45, 2.75) is 25.3 Å². The Hall–Kier alpha value is -1.81. The van der Waals surface area contributed by atoms with Crippen molar-refractivity contribution in [1.29, 1.82) is 0 Å². The molecule has 20 heavy (non-hydrogen) atoms. The fraction of sp³-hybridized carbons (Fsp3) is 0.250. The normalized spacial score (nSPS) is 11.3. The quantitative estimate of drug-likeness (QED) is 0.939. The third kappa shape index (κ3) is 3.39. The van der Waals surface area contributed by atoms with Gasteiger partial charge in [0.15, 0.2) is 9.84 Å². The number of aryl methyl sites for hydroxylation is 2. The van der Waals surface area contributed by atoms with E-state index in [0.717, 1.165) is 11.3 Å². The first-order chi connectivity index (χ1) is 9.38. The smallest absolute Gasteiger partial charge is 0.175 e. The fourth-order valence-electron chi connectivity index (χ4n) is 2.02. The van der Waals surface area contributed by atoms with E-state index in [9.17, 15) is 8.42 Å². The van der Waals surface area contributed by atoms with Gasteiger partial charge in [0.2, 0.25) is 0 Å². The molecule has 0 aliphatic rings. The van der Waals surface area contributed by atoms with Crippen molar-refractivity contribution in [2.75, 3.05) is 11.6 Å². The van der Waals surface area contributed by atoms with E-state index in [2.05, 4.69) is 24.4 Å². The molecule has 0 amide bonds. The zero-order chi connectivity index (χ0) is 14.8. The Labute approximate surface area is 120 Å². The lowest BCUT2D eigenvalue weighted by Gasteiger charge is -2.12. The summed E-state index contributed by atoms with van der Waals surface area (Å²) in [6, 6.07) is 13.3. The second kappa shape index (κ2) is 5.67. The average molecular weight is 289 g/mol. The van der Waals surface area contributed by atoms with E-state index in [-0.39, 0.29) is 0 Å². The maximum Gasteiger partial charge on any atom is 0.175 e. The van der Waals surface area contributed by atoms with E-state index in [1.807, 2.05) is 25.1 Å². The number of hydrogen-bond donors (Lipinski definition) is 1. The third-order valence-corrected chi connectivity index (χ3v) is 4.48. The highest BCUT2D eigenvalue weighted by Crippen LogP contribution is 2.21. The second-order valence-electron chi connectivity index (χ2n) is 5.03. The molecule has 0 fully saturated rings. The van der Waals surface area contributed by atoms with Crippen molar-refractivity contribution in [3.63, 3.8) is 0 Å². The number of hydrogen-bond acceptors (Lipinski definition) is 3. The molecule has 0 saturated carbocycles. The number of benzene rings is 2. The van der Waals surface area contributed by atoms with Gasteiger partial charge in [-0.25, -0.2) is 8.42 Å². The Bertz CT molecular complexity index is 721. The molecule has 0 aromatic heterocycles. The third-order valence-electron chi connectivity index (χ3n) is 3.37. The van der Waals surface area contributed by atoms with Crippen LogP contribution in [0.4, 0.5) is 5.69 Å². The van der Waals surface area contributed by atoms with E-state index in [4.69, 9.17) is 0 Å². The summed E-state index contributed by atoms with van der Waals surface area (Å²) in [6.07, 6.45) is 1.22. The van der Waals surface area contributed by atoms with E-state index in [1.54, 1.807) is 12.1 Å². The number of anilines is 1. The molecule has 3 nitrogen and oxygen atoms in total. The lowest BCUT2D eigenvalue weighted by molar-refractivity contribution is 0.602. The number of rotatable bonds is 4. The minimum absolute atomic E-state index is 0.343. The lowest BCUT2D eigenvalue weighted by Crippen LogP contribution is -2.04. The van der Waals surface area contributed by atoms with Crippen LogP contribution in [0.25, 0.3) is 0 Å². The van der Waals surface area contributed by atoms with Crippen molar-refractivity contribution in [2.24, 2.45) is 0 Å². The second-order valence-corrected chi connectivity index (χ2v) is 7.04. The molecule has 0 saturated heterocycles. The molecule has 2 rings (SSSR count). The van der Waals surface area contributed by atoms with Crippen LogP contribution in [0.2, 0.25) is 0 Å². The molecule has 0 heterocycles. The van der Waals surface area contributed by atoms with Gasteiger partial charge in [-0.3, -0.25) is 0 Å². The van der Waals surface area contributed by atoms with Crippen molar-refractivity contribution < 1.29 is 8.42 Å². The molecule has 0 atom stereocenters. The van der Waals surface area contributed by atoms with Crippen LogP contribution in [0, 0.1) is 13.8 Å². The molecule has 0 bridgehead atoms. The Morgan fingerprint density at radius 2 is 1.70 bits per heavy atom. The van der Waals surface area contributed by atoms with Crippen molar-refractivity contribution in [3.05, 3.63) is 59.2 Å². The van der Waals surface area contributed by atoms with Gasteiger partial charge < -0.3 is 5.32 Å². The predicted octanol–water partition coefficient (Wildman–Crippen LogP) is 3.32. The monoisotopic (exact) mass is 289 g/mol. The molecular formula is C16H19NO2S. The van der Waals surface area contributed by atoms with E-state index < -0.39 is 9.84 Å². The molecule has 0 spiro atoms. The van der Waals surface area contributed by atoms with Gasteiger partial charge in [0, 0.05) is 18.5 Å². The molecule has 0 aliphatic heterocycles. The summed E-state index contributed by atoms with van der Waals surface area (Å²) < 4.78 is 23.2. The summed E-state index contributed by atoms with van der Waals surface area (Å²) in [5.41, 5.74) is 4.32. The lowest BCUT2D eigenvalue weighted by atomic mass is 10.1. The standard InChI is InChI=1S/C16H19NO2S/c1-12-6-4-5-7-14(12)11-17-16-10-15(20(3,18)19)9-8-13(16)2/h4-10,17H,11H2,1-3H3. The molecule has 0 unspecified atom stereocenters. The van der Waals surface area contributed by atoms with Crippen LogP contribution in [-0.2, 0) is 16.4 Å². The van der Waals surface area contributed by atoms with Gasteiger partial charge in [0.1, 0.15) is 0 Å². The first kappa shape index (κ1) is 14.6. The Kier molecular flexibility index (Phi) is 4.14. The summed E-state index contributed by atoms with van der Waals surface area (Å²) in [5.74, 6) is 0. The minimum Gasteiger partial charge on any atom is -0.381 e. The van der Waals surface area contributed by atoms with E-state index in [0.29, 0.717) is 11.4 Å². The van der Waals surface area contributed by atoms with Crippen LogP contribution in [0.5, 0.6) is 0 Å². The summed E-state index contributed by atoms with van der Waals surface area (Å²) in [5, 5.41) is 3.32. The Balaban J connectivity index is 2.24. The van der Waals surface area contributed by atoms with Gasteiger partial charge >= 0.3 is 0 Å². The fourth-order valence-corrected chi connectivity index (χ4v) is 2.67. The zero-order valence-electron chi connectivity index (χ0n) is 12.0. The van der Waals surface area contributed by atoms with Gasteiger partial charge in [0.25, 0.3) is 0 Å². The summed E-state index contributed by atoms with van der Waals surface area (Å²) in [4.78, 5) is 0.343. The van der Waals surface area contributed by atoms with Gasteiger partial charge in [0.05, 0.1) is 4.90 Å². The van der Waals surface area contributed by atoms with Crippen LogP contribution in [0.1, 0.15) is 16.7 Å².